The van der Waals surface area contributed by atoms with Gasteiger partial charge in [-0.15, -0.1) is 0 Å². The number of unbranched alkanes of at least 4 members (excludes halogenated alkanes) is 2. The second-order valence-corrected chi connectivity index (χ2v) is 5.72. The Bertz CT molecular complexity index is 263. The lowest BCUT2D eigenvalue weighted by atomic mass is 10.0. The van der Waals surface area contributed by atoms with Crippen LogP contribution in [-0.4, -0.2) is 12.1 Å². The van der Waals surface area contributed by atoms with Crippen LogP contribution in [0.1, 0.15) is 86.0 Å². The van der Waals surface area contributed by atoms with Crippen LogP contribution >= 0.6 is 0 Å². The van der Waals surface area contributed by atoms with Gasteiger partial charge in [0.05, 0.1) is 0 Å². The Morgan fingerprint density at radius 1 is 1.15 bits per heavy atom. The molecule has 118 valence electrons. The minimum atomic E-state index is 0.406. The minimum absolute atomic E-state index is 0.406. The fraction of sp³-hybridized carbons (Fsp3) is 0.778. The lowest BCUT2D eigenvalue weighted by Gasteiger charge is -2.03. The van der Waals surface area contributed by atoms with Gasteiger partial charge in [0.1, 0.15) is 12.1 Å². The van der Waals surface area contributed by atoms with Crippen LogP contribution in [0.15, 0.2) is 11.6 Å². The van der Waals surface area contributed by atoms with E-state index in [0.717, 1.165) is 32.0 Å². The fourth-order valence-corrected chi connectivity index (χ4v) is 1.69. The maximum atomic E-state index is 10.7. The molecule has 0 aromatic carbocycles. The van der Waals surface area contributed by atoms with E-state index >= 15 is 0 Å². The number of aldehydes is 1. The molecule has 0 aliphatic carbocycles. The average Bonchev–Trinajstić information content (AvgIpc) is 2.39. The Kier molecular flexibility index (Phi) is 17.2. The van der Waals surface area contributed by atoms with Gasteiger partial charge in [0.15, 0.2) is 0 Å². The van der Waals surface area contributed by atoms with E-state index in [2.05, 4.69) is 33.8 Å². The number of allylic oxidation sites excluding steroid dienone is 2. The Labute approximate surface area is 126 Å². The lowest BCUT2D eigenvalue weighted by molar-refractivity contribution is -0.118. The zero-order chi connectivity index (χ0) is 15.8. The molecule has 0 bridgehead atoms. The van der Waals surface area contributed by atoms with Crippen LogP contribution in [0, 0.1) is 5.92 Å². The van der Waals surface area contributed by atoms with Crippen LogP contribution in [0.2, 0.25) is 0 Å². The molecule has 20 heavy (non-hydrogen) atoms. The third kappa shape index (κ3) is 19.4. The van der Waals surface area contributed by atoms with Crippen molar-refractivity contribution in [2.45, 2.75) is 86.0 Å². The monoisotopic (exact) mass is 282 g/mol. The number of hydrogen-bond acceptors (Lipinski definition) is 2. The molecular formula is C18H34O2. The highest BCUT2D eigenvalue weighted by atomic mass is 16.1. The highest BCUT2D eigenvalue weighted by Crippen LogP contribution is 2.09. The van der Waals surface area contributed by atoms with Crippen molar-refractivity contribution in [3.63, 3.8) is 0 Å². The van der Waals surface area contributed by atoms with Crippen molar-refractivity contribution >= 4 is 12.1 Å². The van der Waals surface area contributed by atoms with E-state index < -0.39 is 0 Å². The first kappa shape index (κ1) is 21.4. The number of Topliss-reactive ketones (excluding diaryl/α,β-unsaturated/α-hetero) is 1. The maximum absolute atomic E-state index is 10.7. The van der Waals surface area contributed by atoms with Gasteiger partial charge in [0.25, 0.3) is 0 Å². The van der Waals surface area contributed by atoms with E-state index in [1.165, 1.54) is 18.4 Å². The number of carbonyl (C=O) groups excluding carboxylic acids is 2. The molecule has 0 rings (SSSR count). The summed E-state index contributed by atoms with van der Waals surface area (Å²) < 4.78 is 0. The van der Waals surface area contributed by atoms with Crippen molar-refractivity contribution < 1.29 is 9.59 Å². The van der Waals surface area contributed by atoms with E-state index in [1.54, 1.807) is 0 Å². The molecule has 0 aromatic rings. The van der Waals surface area contributed by atoms with Gasteiger partial charge in [0.2, 0.25) is 0 Å². The molecule has 0 saturated carbocycles. The van der Waals surface area contributed by atoms with Crippen molar-refractivity contribution in [1.29, 1.82) is 0 Å². The standard InChI is InChI=1S/C10H18O.C8H16O/c1-9(2)5-4-6-10(3)7-8-11;1-3-5-6-7-8(9)4-2/h5,8,10H,4,6-7H2,1-3H3;3-7H2,1-2H3. The normalized spacial score (nSPS) is 11.1. The van der Waals surface area contributed by atoms with Gasteiger partial charge in [-0.3, -0.25) is 4.79 Å². The summed E-state index contributed by atoms with van der Waals surface area (Å²) in [5.74, 6) is 0.951. The summed E-state index contributed by atoms with van der Waals surface area (Å²) in [5, 5.41) is 0. The lowest BCUT2D eigenvalue weighted by Crippen LogP contribution is -1.93. The van der Waals surface area contributed by atoms with Crippen LogP contribution in [0.4, 0.5) is 0 Å². The quantitative estimate of drug-likeness (QED) is 0.301. The van der Waals surface area contributed by atoms with E-state index in [9.17, 15) is 9.59 Å². The molecule has 0 spiro atoms. The first-order valence-electron chi connectivity index (χ1n) is 8.06. The summed E-state index contributed by atoms with van der Waals surface area (Å²) in [7, 11) is 0. The Morgan fingerprint density at radius 3 is 2.25 bits per heavy atom. The van der Waals surface area contributed by atoms with Crippen LogP contribution in [0.25, 0.3) is 0 Å². The smallest absolute Gasteiger partial charge is 0.132 e. The molecule has 0 fully saturated rings. The maximum Gasteiger partial charge on any atom is 0.132 e. The first-order valence-corrected chi connectivity index (χ1v) is 8.06. The summed E-state index contributed by atoms with van der Waals surface area (Å²) in [6, 6.07) is 0. The van der Waals surface area contributed by atoms with E-state index in [4.69, 9.17) is 0 Å². The van der Waals surface area contributed by atoms with Crippen LogP contribution < -0.4 is 0 Å². The molecular weight excluding hydrogens is 248 g/mol. The topological polar surface area (TPSA) is 34.1 Å². The average molecular weight is 282 g/mol. The van der Waals surface area contributed by atoms with E-state index in [0.29, 0.717) is 24.5 Å². The van der Waals surface area contributed by atoms with Gasteiger partial charge >= 0.3 is 0 Å². The molecule has 0 N–H and O–H groups in total. The van der Waals surface area contributed by atoms with Gasteiger partial charge in [-0.05, 0) is 39.0 Å². The Morgan fingerprint density at radius 2 is 1.80 bits per heavy atom. The predicted molar refractivity (Wildman–Crippen MR) is 88.0 cm³/mol. The third-order valence-corrected chi connectivity index (χ3v) is 3.16. The zero-order valence-corrected chi connectivity index (χ0v) is 14.2. The molecule has 0 aliphatic rings. The minimum Gasteiger partial charge on any atom is -0.303 e. The van der Waals surface area contributed by atoms with Crippen molar-refractivity contribution in [2.24, 2.45) is 5.92 Å². The van der Waals surface area contributed by atoms with Crippen LogP contribution in [-0.2, 0) is 9.59 Å². The molecule has 0 saturated heterocycles. The van der Waals surface area contributed by atoms with E-state index in [1.807, 2.05) is 6.92 Å². The predicted octanol–water partition coefficient (Wildman–Crippen LogP) is 5.50. The Hall–Kier alpha value is -0.920. The van der Waals surface area contributed by atoms with Crippen molar-refractivity contribution in [1.82, 2.24) is 0 Å². The highest BCUT2D eigenvalue weighted by molar-refractivity contribution is 5.77. The summed E-state index contributed by atoms with van der Waals surface area (Å²) in [6.07, 6.45) is 11.2. The van der Waals surface area contributed by atoms with Crippen molar-refractivity contribution in [2.75, 3.05) is 0 Å². The highest BCUT2D eigenvalue weighted by Gasteiger charge is 1.98. The van der Waals surface area contributed by atoms with E-state index in [-0.39, 0.29) is 0 Å². The third-order valence-electron chi connectivity index (χ3n) is 3.16. The van der Waals surface area contributed by atoms with Gasteiger partial charge in [0, 0.05) is 19.3 Å². The molecule has 0 amide bonds. The van der Waals surface area contributed by atoms with Gasteiger partial charge in [-0.1, -0.05) is 45.3 Å². The molecule has 2 heteroatoms. The van der Waals surface area contributed by atoms with Crippen LogP contribution in [0.3, 0.4) is 0 Å². The SMILES string of the molecule is CC(C)=CCCC(C)CC=O.CCCCCC(=O)CC. The molecule has 0 aliphatic heterocycles. The summed E-state index contributed by atoms with van der Waals surface area (Å²) in [5.41, 5.74) is 1.36. The number of hydrogen-bond donors (Lipinski definition) is 0. The largest absolute Gasteiger partial charge is 0.303 e. The molecule has 1 unspecified atom stereocenters. The van der Waals surface area contributed by atoms with Crippen LogP contribution in [0.5, 0.6) is 0 Å². The molecule has 2 nitrogen and oxygen atoms in total. The summed E-state index contributed by atoms with van der Waals surface area (Å²) in [6.45, 7) is 10.4. The van der Waals surface area contributed by atoms with Gasteiger partial charge < -0.3 is 4.79 Å². The summed E-state index contributed by atoms with van der Waals surface area (Å²) >= 11 is 0. The second kappa shape index (κ2) is 16.1. The fourth-order valence-electron chi connectivity index (χ4n) is 1.69. The Balaban J connectivity index is 0. The number of ketones is 1. The first-order chi connectivity index (χ1) is 9.47. The summed E-state index contributed by atoms with van der Waals surface area (Å²) in [4.78, 5) is 20.8. The molecule has 0 radical (unpaired) electrons. The number of rotatable bonds is 10. The van der Waals surface area contributed by atoms with Gasteiger partial charge in [-0.25, -0.2) is 0 Å². The second-order valence-electron chi connectivity index (χ2n) is 5.72. The number of carbonyl (C=O) groups is 2. The molecule has 1 atom stereocenters. The van der Waals surface area contributed by atoms with Crippen molar-refractivity contribution in [3.8, 4) is 0 Å². The van der Waals surface area contributed by atoms with Crippen molar-refractivity contribution in [3.05, 3.63) is 11.6 Å². The zero-order valence-electron chi connectivity index (χ0n) is 14.2. The van der Waals surface area contributed by atoms with Gasteiger partial charge in [-0.2, -0.15) is 0 Å². The molecule has 0 heterocycles. The molecule has 0 aromatic heterocycles.